The Hall–Kier alpha value is -3.85. The van der Waals surface area contributed by atoms with Gasteiger partial charge in [0.05, 0.1) is 17.1 Å². The van der Waals surface area contributed by atoms with E-state index < -0.39 is 41.3 Å². The number of carbonyl (C=O) groups excluding carboxylic acids is 1. The van der Waals surface area contributed by atoms with E-state index in [0.29, 0.717) is 16.3 Å². The van der Waals surface area contributed by atoms with E-state index in [2.05, 4.69) is 10.4 Å². The molecule has 0 aliphatic rings. The van der Waals surface area contributed by atoms with E-state index in [4.69, 9.17) is 16.3 Å². The van der Waals surface area contributed by atoms with Crippen LogP contribution in [0.2, 0.25) is 5.02 Å². The summed E-state index contributed by atoms with van der Waals surface area (Å²) in [5, 5.41) is 7.01. The fraction of sp³-hybridized carbons (Fsp3) is 0.0833. The maximum Gasteiger partial charge on any atom is 0.256 e. The predicted octanol–water partition coefficient (Wildman–Crippen LogP) is 5.97. The molecular weight excluding hydrogens is 474 g/mol. The van der Waals surface area contributed by atoms with Crippen molar-refractivity contribution in [2.24, 2.45) is 0 Å². The van der Waals surface area contributed by atoms with Gasteiger partial charge in [0.2, 0.25) is 0 Å². The number of para-hydroxylation sites is 1. The molecule has 3 aromatic carbocycles. The van der Waals surface area contributed by atoms with Gasteiger partial charge in [-0.05, 0) is 29.8 Å². The van der Waals surface area contributed by atoms with Crippen molar-refractivity contribution in [2.45, 2.75) is 13.2 Å². The molecule has 1 aromatic heterocycles. The average molecular weight is 490 g/mol. The van der Waals surface area contributed by atoms with E-state index in [1.807, 2.05) is 0 Å². The molecule has 0 atom stereocenters. The number of hydrogen-bond donors (Lipinski definition) is 1. The Morgan fingerprint density at radius 3 is 2.44 bits per heavy atom. The van der Waals surface area contributed by atoms with Crippen molar-refractivity contribution in [1.29, 1.82) is 0 Å². The zero-order valence-electron chi connectivity index (χ0n) is 17.4. The molecule has 34 heavy (non-hydrogen) atoms. The van der Waals surface area contributed by atoms with Crippen molar-refractivity contribution in [3.05, 3.63) is 112 Å². The van der Waals surface area contributed by atoms with Gasteiger partial charge in [-0.1, -0.05) is 35.9 Å². The molecule has 1 N–H and O–H groups in total. The lowest BCUT2D eigenvalue weighted by Gasteiger charge is -2.09. The molecule has 10 heteroatoms. The van der Waals surface area contributed by atoms with E-state index in [9.17, 15) is 22.4 Å². The number of nitrogens with zero attached hydrogens (tertiary/aromatic N) is 2. The smallest absolute Gasteiger partial charge is 0.256 e. The number of halogens is 5. The van der Waals surface area contributed by atoms with Crippen LogP contribution in [0.3, 0.4) is 0 Å². The minimum absolute atomic E-state index is 0.0837. The minimum Gasteiger partial charge on any atom is -0.487 e. The molecule has 0 unspecified atom stereocenters. The minimum atomic E-state index is -1.51. The van der Waals surface area contributed by atoms with Gasteiger partial charge in [0, 0.05) is 23.9 Å². The van der Waals surface area contributed by atoms with Crippen molar-refractivity contribution in [3.8, 4) is 5.75 Å². The molecule has 5 nitrogen and oxygen atoms in total. The molecule has 0 aliphatic heterocycles. The zero-order chi connectivity index (χ0) is 24.2. The Morgan fingerprint density at radius 1 is 0.971 bits per heavy atom. The van der Waals surface area contributed by atoms with Crippen molar-refractivity contribution in [2.75, 3.05) is 5.32 Å². The maximum atomic E-state index is 13.9. The number of hydrogen-bond acceptors (Lipinski definition) is 3. The van der Waals surface area contributed by atoms with E-state index >= 15 is 0 Å². The Bertz CT molecular complexity index is 1330. The van der Waals surface area contributed by atoms with E-state index in [1.165, 1.54) is 12.3 Å². The Morgan fingerprint density at radius 2 is 1.71 bits per heavy atom. The van der Waals surface area contributed by atoms with Crippen LogP contribution in [0, 0.1) is 23.3 Å². The maximum absolute atomic E-state index is 13.9. The predicted molar refractivity (Wildman–Crippen MR) is 118 cm³/mol. The highest BCUT2D eigenvalue weighted by Gasteiger charge is 2.20. The molecule has 1 amide bonds. The molecule has 0 saturated heterocycles. The summed E-state index contributed by atoms with van der Waals surface area (Å²) < 4.78 is 61.3. The molecule has 0 bridgehead atoms. The Kier molecular flexibility index (Phi) is 6.83. The van der Waals surface area contributed by atoms with Gasteiger partial charge >= 0.3 is 0 Å². The van der Waals surface area contributed by atoms with Crippen LogP contribution in [0.15, 0.2) is 66.9 Å². The molecule has 0 aliphatic carbocycles. The third-order valence-electron chi connectivity index (χ3n) is 4.83. The van der Waals surface area contributed by atoms with Crippen LogP contribution in [0.25, 0.3) is 0 Å². The number of rotatable bonds is 7. The molecule has 0 spiro atoms. The number of carbonyl (C=O) groups is 1. The van der Waals surface area contributed by atoms with Crippen molar-refractivity contribution < 1.29 is 27.1 Å². The number of aromatic nitrogens is 2. The highest BCUT2D eigenvalue weighted by atomic mass is 35.5. The third-order valence-corrected chi connectivity index (χ3v) is 5.14. The fourth-order valence-corrected chi connectivity index (χ4v) is 3.34. The van der Waals surface area contributed by atoms with Crippen LogP contribution in [0.4, 0.5) is 23.4 Å². The van der Waals surface area contributed by atoms with Gasteiger partial charge in [-0.3, -0.25) is 9.48 Å². The average Bonchev–Trinajstić information content (AvgIpc) is 3.27. The van der Waals surface area contributed by atoms with Gasteiger partial charge in [-0.2, -0.15) is 5.10 Å². The molecular formula is C24H16ClF4N3O2. The molecule has 1 heterocycles. The summed E-state index contributed by atoms with van der Waals surface area (Å²) in [6, 6.07) is 15.2. The van der Waals surface area contributed by atoms with Crippen LogP contribution in [-0.2, 0) is 13.2 Å². The summed E-state index contributed by atoms with van der Waals surface area (Å²) in [6.07, 6.45) is 1.31. The van der Waals surface area contributed by atoms with Crippen LogP contribution in [0.5, 0.6) is 5.75 Å². The van der Waals surface area contributed by atoms with Crippen LogP contribution >= 0.6 is 11.6 Å². The van der Waals surface area contributed by atoms with Crippen LogP contribution in [0.1, 0.15) is 21.5 Å². The monoisotopic (exact) mass is 489 g/mol. The summed E-state index contributed by atoms with van der Waals surface area (Å²) in [5.74, 6) is -5.91. The van der Waals surface area contributed by atoms with Crippen LogP contribution < -0.4 is 10.1 Å². The summed E-state index contributed by atoms with van der Waals surface area (Å²) in [7, 11) is 0. The number of benzene rings is 3. The van der Waals surface area contributed by atoms with Gasteiger partial charge in [0.25, 0.3) is 5.91 Å². The lowest BCUT2D eigenvalue weighted by atomic mass is 10.1. The first-order valence-electron chi connectivity index (χ1n) is 9.95. The number of nitrogens with one attached hydrogen (secondary N) is 1. The lowest BCUT2D eigenvalue weighted by molar-refractivity contribution is 0.102. The highest BCUT2D eigenvalue weighted by Crippen LogP contribution is 2.24. The van der Waals surface area contributed by atoms with Crippen LogP contribution in [-0.4, -0.2) is 15.7 Å². The van der Waals surface area contributed by atoms with Gasteiger partial charge in [-0.25, -0.2) is 17.6 Å². The van der Waals surface area contributed by atoms with Gasteiger partial charge in [-0.15, -0.1) is 0 Å². The van der Waals surface area contributed by atoms with Crippen molar-refractivity contribution in [1.82, 2.24) is 9.78 Å². The summed E-state index contributed by atoms with van der Waals surface area (Å²) >= 11 is 6.07. The third kappa shape index (κ3) is 5.20. The van der Waals surface area contributed by atoms with Gasteiger partial charge in [0.1, 0.15) is 12.4 Å². The number of amides is 1. The molecule has 4 rings (SSSR count). The van der Waals surface area contributed by atoms with Crippen molar-refractivity contribution in [3.63, 3.8) is 0 Å². The molecule has 4 aromatic rings. The quantitative estimate of drug-likeness (QED) is 0.257. The standard InChI is InChI=1S/C24H16ClF4N3O2/c25-17-6-1-2-7-20(17)34-13-14-4-3-5-15(10-14)24(33)30-21-8-9-32(31-21)12-16-22(28)18(26)11-19(27)23(16)29/h1-11H,12-13H2,(H,30,31,33). The van der Waals surface area contributed by atoms with Gasteiger partial charge < -0.3 is 10.1 Å². The first kappa shape index (κ1) is 23.3. The van der Waals surface area contributed by atoms with Crippen molar-refractivity contribution >= 4 is 23.3 Å². The first-order valence-corrected chi connectivity index (χ1v) is 10.3. The summed E-state index contributed by atoms with van der Waals surface area (Å²) in [6.45, 7) is -0.391. The van der Waals surface area contributed by atoms with E-state index in [0.717, 1.165) is 10.2 Å². The molecule has 0 saturated carbocycles. The summed E-state index contributed by atoms with van der Waals surface area (Å²) in [5.41, 5.74) is 0.223. The largest absolute Gasteiger partial charge is 0.487 e. The Balaban J connectivity index is 1.42. The fourth-order valence-electron chi connectivity index (χ4n) is 3.15. The van der Waals surface area contributed by atoms with Gasteiger partial charge in [0.15, 0.2) is 29.1 Å². The lowest BCUT2D eigenvalue weighted by Crippen LogP contribution is -2.14. The zero-order valence-corrected chi connectivity index (χ0v) is 18.1. The second-order valence-electron chi connectivity index (χ2n) is 7.22. The Labute approximate surface area is 196 Å². The van der Waals surface area contributed by atoms with E-state index in [-0.39, 0.29) is 18.5 Å². The molecule has 0 fully saturated rings. The summed E-state index contributed by atoms with van der Waals surface area (Å²) in [4.78, 5) is 12.6. The second kappa shape index (κ2) is 9.96. The topological polar surface area (TPSA) is 56.2 Å². The SMILES string of the molecule is O=C(Nc1ccn(Cc2c(F)c(F)cc(F)c2F)n1)c1cccc(COc2ccccc2Cl)c1. The number of ether oxygens (including phenoxy) is 1. The first-order chi connectivity index (χ1) is 16.3. The molecule has 0 radical (unpaired) electrons. The van der Waals surface area contributed by atoms with E-state index in [1.54, 1.807) is 48.5 Å². The number of anilines is 1. The second-order valence-corrected chi connectivity index (χ2v) is 7.63. The highest BCUT2D eigenvalue weighted by molar-refractivity contribution is 6.32. The normalized spacial score (nSPS) is 10.9. The molecule has 174 valence electrons.